The van der Waals surface area contributed by atoms with Gasteiger partial charge in [-0.15, -0.1) is 11.8 Å². The highest BCUT2D eigenvalue weighted by atomic mass is 79.9. The molecule has 0 bridgehead atoms. The lowest BCUT2D eigenvalue weighted by atomic mass is 9.87. The van der Waals surface area contributed by atoms with Crippen LogP contribution in [0.1, 0.15) is 90.0 Å². The average Bonchev–Trinajstić information content (AvgIpc) is 3.23. The van der Waals surface area contributed by atoms with E-state index in [1.807, 2.05) is 13.8 Å². The van der Waals surface area contributed by atoms with Crippen molar-refractivity contribution in [2.75, 3.05) is 43.0 Å². The lowest BCUT2D eigenvalue weighted by Gasteiger charge is -2.25. The van der Waals surface area contributed by atoms with Crippen LogP contribution in [0.25, 0.3) is 0 Å². The number of guanidine groups is 1. The summed E-state index contributed by atoms with van der Waals surface area (Å²) in [6.45, 7) is 4.28. The Labute approximate surface area is 376 Å². The predicted octanol–water partition coefficient (Wildman–Crippen LogP) is 0.882. The molecule has 1 aliphatic heterocycles. The number of hydrogen-bond acceptors (Lipinski definition) is 12. The number of unbranched alkanes of at least 4 members (excludes halogenated alkanes) is 1. The molecule has 12 N–H and O–H groups in total. The van der Waals surface area contributed by atoms with Gasteiger partial charge in [-0.25, -0.2) is 0 Å². The first-order chi connectivity index (χ1) is 29.5. The van der Waals surface area contributed by atoms with Gasteiger partial charge in [0.15, 0.2) is 17.5 Å². The van der Waals surface area contributed by atoms with Crippen molar-refractivity contribution in [1.82, 2.24) is 26.6 Å². The molecule has 18 nitrogen and oxygen atoms in total. The summed E-state index contributed by atoms with van der Waals surface area (Å²) in [5.41, 5.74) is 17.3. The van der Waals surface area contributed by atoms with Crippen LogP contribution in [0.15, 0.2) is 29.3 Å². The first kappa shape index (κ1) is 53.6. The summed E-state index contributed by atoms with van der Waals surface area (Å²) in [7, 11) is 0. The Kier molecular flexibility index (Phi) is 25.7. The highest BCUT2D eigenvalue weighted by Crippen LogP contribution is 2.21. The van der Waals surface area contributed by atoms with E-state index in [9.17, 15) is 43.5 Å². The normalized spacial score (nSPS) is 20.0. The van der Waals surface area contributed by atoms with E-state index in [1.165, 1.54) is 23.9 Å². The fourth-order valence-electron chi connectivity index (χ4n) is 6.84. The fraction of sp³-hybridized carbons (Fsp3) is 0.643. The molecule has 20 heteroatoms. The van der Waals surface area contributed by atoms with E-state index in [1.54, 1.807) is 12.1 Å². The molecule has 0 aliphatic carbocycles. The molecular formula is C42H66BrN9O9S. The molecule has 1 aromatic rings. The van der Waals surface area contributed by atoms with Gasteiger partial charge in [0.25, 0.3) is 0 Å². The number of Topliss-reactive ketones (excluding diaryl/α,β-unsaturated/α-hetero) is 3. The Bertz CT molecular complexity index is 1680. The van der Waals surface area contributed by atoms with Gasteiger partial charge in [0.1, 0.15) is 17.6 Å². The monoisotopic (exact) mass is 951 g/mol. The van der Waals surface area contributed by atoms with E-state index in [4.69, 9.17) is 17.2 Å². The maximum Gasteiger partial charge on any atom is 0.240 e. The molecule has 2 rings (SSSR count). The van der Waals surface area contributed by atoms with Crippen molar-refractivity contribution < 1.29 is 43.5 Å². The number of nitrogens with zero attached hydrogens (tertiary/aromatic N) is 1. The Morgan fingerprint density at radius 2 is 1.71 bits per heavy atom. The molecule has 6 atom stereocenters. The van der Waals surface area contributed by atoms with Gasteiger partial charge in [0.2, 0.25) is 29.5 Å². The van der Waals surface area contributed by atoms with Crippen LogP contribution < -0.4 is 43.8 Å². The van der Waals surface area contributed by atoms with Gasteiger partial charge >= 0.3 is 0 Å². The van der Waals surface area contributed by atoms with Crippen LogP contribution in [0.2, 0.25) is 0 Å². The van der Waals surface area contributed by atoms with Crippen LogP contribution in [-0.4, -0.2) is 119 Å². The topological polar surface area (TPSA) is 307 Å². The van der Waals surface area contributed by atoms with Crippen LogP contribution in [0.4, 0.5) is 0 Å². The third-order valence-corrected chi connectivity index (χ3v) is 12.3. The molecule has 1 fully saturated rings. The number of phenols is 1. The van der Waals surface area contributed by atoms with E-state index >= 15 is 0 Å². The summed E-state index contributed by atoms with van der Waals surface area (Å²) in [5.74, 6) is -4.35. The number of hydrogen-bond donors (Lipinski definition) is 9. The minimum absolute atomic E-state index is 0.0331. The van der Waals surface area contributed by atoms with Crippen molar-refractivity contribution >= 4 is 80.5 Å². The summed E-state index contributed by atoms with van der Waals surface area (Å²) < 4.78 is 0. The van der Waals surface area contributed by atoms with Gasteiger partial charge in [0.05, 0.1) is 29.7 Å². The van der Waals surface area contributed by atoms with Crippen LogP contribution >= 0.6 is 27.7 Å². The molecule has 5 amide bonds. The van der Waals surface area contributed by atoms with Crippen LogP contribution in [-0.2, 0) is 44.8 Å². The molecule has 1 heterocycles. The van der Waals surface area contributed by atoms with Crippen molar-refractivity contribution in [3.63, 3.8) is 0 Å². The second kappa shape index (κ2) is 29.7. The van der Waals surface area contributed by atoms with E-state index in [0.717, 1.165) is 0 Å². The lowest BCUT2D eigenvalue weighted by molar-refractivity contribution is -0.130. The van der Waals surface area contributed by atoms with Crippen molar-refractivity contribution in [2.24, 2.45) is 39.9 Å². The van der Waals surface area contributed by atoms with Crippen LogP contribution in [0.3, 0.4) is 0 Å². The second-order valence-electron chi connectivity index (χ2n) is 15.6. The summed E-state index contributed by atoms with van der Waals surface area (Å²) in [4.78, 5) is 109. The number of aliphatic imine (C=N–C) groups is 1. The summed E-state index contributed by atoms with van der Waals surface area (Å²) in [6, 6.07) is 3.40. The van der Waals surface area contributed by atoms with Crippen molar-refractivity contribution in [3.8, 4) is 5.75 Å². The maximum absolute atomic E-state index is 14.0. The number of primary amides is 1. The predicted molar refractivity (Wildman–Crippen MR) is 242 cm³/mol. The van der Waals surface area contributed by atoms with Gasteiger partial charge in [-0.1, -0.05) is 54.8 Å². The number of benzene rings is 1. The van der Waals surface area contributed by atoms with E-state index < -0.39 is 41.8 Å². The minimum Gasteiger partial charge on any atom is -0.508 e. The number of phenolic OH excluding ortho intramolecular Hbond substituents is 1. The largest absolute Gasteiger partial charge is 0.508 e. The second-order valence-corrected chi connectivity index (χ2v) is 17.2. The smallest absolute Gasteiger partial charge is 0.240 e. The zero-order valence-electron chi connectivity index (χ0n) is 35.9. The van der Waals surface area contributed by atoms with Crippen LogP contribution in [0, 0.1) is 17.8 Å². The first-order valence-electron chi connectivity index (χ1n) is 21.2. The summed E-state index contributed by atoms with van der Waals surface area (Å²) >= 11 is 4.29. The molecule has 1 aliphatic rings. The standard InChI is InChI=1S/C42H66BrN9O9S/c1-3-26(2)39-34(55)16-11-28(7-4-5-18-47-37(58)22-43)35(56)23-50-32(24-62-25-38(59)48-20-17-36(57)52-39)33(54)15-12-29(8-6-19-49-42(45)46)41(61)51-31(40(44)60)21-27-9-13-30(53)14-10-27/h9-10,13-14,26,28-29,31-32,39,50,53H,3-8,11-12,15-25H2,1-2H3,(H2,44,60)(H,47,58)(H,48,59)(H,51,61)(H,52,57)(H4,45,46,49)/t26-,28+,29+,31-,32-,39-/m0/s1. The molecule has 62 heavy (non-hydrogen) atoms. The number of amides is 5. The fourth-order valence-corrected chi connectivity index (χ4v) is 7.99. The molecule has 0 unspecified atom stereocenters. The third-order valence-electron chi connectivity index (χ3n) is 10.7. The highest BCUT2D eigenvalue weighted by Gasteiger charge is 2.30. The van der Waals surface area contributed by atoms with Gasteiger partial charge in [-0.05, 0) is 62.1 Å². The number of thioether (sulfide) groups is 1. The molecular weight excluding hydrogens is 886 g/mol. The van der Waals surface area contributed by atoms with Crippen molar-refractivity contribution in [1.29, 1.82) is 0 Å². The Hall–Kier alpha value is -4.56. The number of aromatic hydroxyl groups is 1. The number of nitrogens with one attached hydrogen (secondary N) is 5. The van der Waals surface area contributed by atoms with Gasteiger partial charge in [-0.3, -0.25) is 48.7 Å². The molecule has 1 aromatic carbocycles. The SMILES string of the molecule is CC[C@H](C)[C@@H]1NC(=O)CCNC(=O)CSC[C@@H](C(=O)CC[C@@H](CCCN=C(N)N)C(=O)N[C@@H](Cc2ccc(O)cc2)C(N)=O)NCC(=O)[C@H](CCCCNC(=O)CBr)CCC1=O. The Morgan fingerprint density at radius 1 is 0.984 bits per heavy atom. The number of carbonyl (C=O) groups excluding carboxylic acids is 8. The van der Waals surface area contributed by atoms with Gasteiger partial charge < -0.3 is 43.6 Å². The molecule has 1 saturated heterocycles. The first-order valence-corrected chi connectivity index (χ1v) is 23.5. The maximum atomic E-state index is 14.0. The van der Waals surface area contributed by atoms with Gasteiger partial charge in [0, 0.05) is 62.9 Å². The van der Waals surface area contributed by atoms with E-state index in [-0.39, 0.29) is 134 Å². The van der Waals surface area contributed by atoms with Gasteiger partial charge in [-0.2, -0.15) is 0 Å². The molecule has 0 radical (unpaired) electrons. The van der Waals surface area contributed by atoms with E-state index in [2.05, 4.69) is 47.5 Å². The summed E-state index contributed by atoms with van der Waals surface area (Å²) in [6.07, 6.45) is 3.19. The summed E-state index contributed by atoms with van der Waals surface area (Å²) in [5, 5.41) is 24.0. The molecule has 346 valence electrons. The lowest BCUT2D eigenvalue weighted by Crippen LogP contribution is -2.48. The quantitative estimate of drug-likeness (QED) is 0.0358. The number of nitrogens with two attached hydrogens (primary N) is 3. The number of rotatable bonds is 21. The van der Waals surface area contributed by atoms with Crippen LogP contribution in [0.5, 0.6) is 5.75 Å². The molecule has 0 aromatic heterocycles. The number of carbonyl (C=O) groups is 8. The Morgan fingerprint density at radius 3 is 2.37 bits per heavy atom. The minimum atomic E-state index is -1.08. The third kappa shape index (κ3) is 21.5. The highest BCUT2D eigenvalue weighted by molar-refractivity contribution is 9.09. The number of alkyl halides is 1. The molecule has 0 spiro atoms. The van der Waals surface area contributed by atoms with Crippen molar-refractivity contribution in [2.45, 2.75) is 109 Å². The Balaban J connectivity index is 2.30. The zero-order valence-corrected chi connectivity index (χ0v) is 38.3. The molecule has 0 saturated carbocycles. The average molecular weight is 953 g/mol. The number of halogens is 1. The zero-order chi connectivity index (χ0) is 46.0. The number of ketones is 3. The van der Waals surface area contributed by atoms with Crippen molar-refractivity contribution in [3.05, 3.63) is 29.8 Å². The van der Waals surface area contributed by atoms with E-state index in [0.29, 0.717) is 44.2 Å².